The Morgan fingerprint density at radius 2 is 1.93 bits per heavy atom. The molecule has 2 aromatic carbocycles. The van der Waals surface area contributed by atoms with Crippen LogP contribution in [-0.2, 0) is 4.79 Å². The van der Waals surface area contributed by atoms with Crippen molar-refractivity contribution in [2.45, 2.75) is 18.9 Å². The van der Waals surface area contributed by atoms with Crippen molar-refractivity contribution in [2.24, 2.45) is 0 Å². The molecule has 2 heterocycles. The van der Waals surface area contributed by atoms with Crippen LogP contribution in [0.15, 0.2) is 60.0 Å². The summed E-state index contributed by atoms with van der Waals surface area (Å²) in [5, 5.41) is 9.57. The van der Waals surface area contributed by atoms with Gasteiger partial charge in [0.05, 0.1) is 23.0 Å². The summed E-state index contributed by atoms with van der Waals surface area (Å²) in [7, 11) is 0. The lowest BCUT2D eigenvalue weighted by atomic mass is 10.1. The molecule has 0 saturated heterocycles. The van der Waals surface area contributed by atoms with Crippen LogP contribution in [0.5, 0.6) is 0 Å². The lowest BCUT2D eigenvalue weighted by molar-refractivity contribution is -0.113. The van der Waals surface area contributed by atoms with Crippen LogP contribution in [0.2, 0.25) is 5.02 Å². The molecular formula is C21H18ClN5OS. The molecule has 0 bridgehead atoms. The van der Waals surface area contributed by atoms with Crippen molar-refractivity contribution in [1.29, 1.82) is 0 Å². The minimum atomic E-state index is -0.0828. The molecule has 0 unspecified atom stereocenters. The fourth-order valence-electron chi connectivity index (χ4n) is 2.92. The highest BCUT2D eigenvalue weighted by atomic mass is 35.5. The molecule has 0 aliphatic rings. The maximum Gasteiger partial charge on any atom is 0.234 e. The number of nitrogens with zero attached hydrogens (tertiary/aromatic N) is 4. The van der Waals surface area contributed by atoms with Gasteiger partial charge in [-0.1, -0.05) is 35.5 Å². The van der Waals surface area contributed by atoms with Crippen LogP contribution in [0.1, 0.15) is 11.1 Å². The van der Waals surface area contributed by atoms with Gasteiger partial charge < -0.3 is 5.32 Å². The first kappa shape index (κ1) is 19.4. The zero-order valence-corrected chi connectivity index (χ0v) is 17.5. The number of rotatable bonds is 5. The number of halogens is 1. The Hall–Kier alpha value is -2.90. The van der Waals surface area contributed by atoms with Gasteiger partial charge in [-0.2, -0.15) is 5.10 Å². The summed E-state index contributed by atoms with van der Waals surface area (Å²) in [5.41, 5.74) is 4.58. The van der Waals surface area contributed by atoms with Gasteiger partial charge >= 0.3 is 0 Å². The van der Waals surface area contributed by atoms with E-state index >= 15 is 0 Å². The summed E-state index contributed by atoms with van der Waals surface area (Å²) in [4.78, 5) is 21.1. The molecule has 0 atom stereocenters. The highest BCUT2D eigenvalue weighted by Crippen LogP contribution is 2.26. The smallest absolute Gasteiger partial charge is 0.234 e. The molecule has 6 nitrogen and oxygen atoms in total. The Balaban J connectivity index is 1.52. The summed E-state index contributed by atoms with van der Waals surface area (Å²) < 4.78 is 1.73. The van der Waals surface area contributed by atoms with Gasteiger partial charge in [0, 0.05) is 10.7 Å². The minimum absolute atomic E-state index is 0.0828. The highest BCUT2D eigenvalue weighted by Gasteiger charge is 2.13. The van der Waals surface area contributed by atoms with E-state index in [0.717, 1.165) is 27.9 Å². The number of aromatic nitrogens is 4. The van der Waals surface area contributed by atoms with Crippen molar-refractivity contribution in [3.05, 3.63) is 71.1 Å². The SMILES string of the molecule is Cc1cccc(NC(=O)CSc2ncnc3c2cnn3-c2ccc(Cl)cc2)c1C. The second kappa shape index (κ2) is 8.23. The molecule has 2 aromatic heterocycles. The summed E-state index contributed by atoms with van der Waals surface area (Å²) in [6.07, 6.45) is 3.20. The van der Waals surface area contributed by atoms with Gasteiger partial charge in [0.25, 0.3) is 0 Å². The van der Waals surface area contributed by atoms with E-state index in [-0.39, 0.29) is 11.7 Å². The van der Waals surface area contributed by atoms with Crippen LogP contribution >= 0.6 is 23.4 Å². The van der Waals surface area contributed by atoms with Crippen LogP contribution < -0.4 is 5.32 Å². The molecular weight excluding hydrogens is 406 g/mol. The topological polar surface area (TPSA) is 72.7 Å². The van der Waals surface area contributed by atoms with E-state index in [4.69, 9.17) is 11.6 Å². The zero-order chi connectivity index (χ0) is 20.4. The van der Waals surface area contributed by atoms with Crippen LogP contribution in [0.25, 0.3) is 16.7 Å². The lowest BCUT2D eigenvalue weighted by Gasteiger charge is -2.10. The molecule has 1 N–H and O–H groups in total. The second-order valence-corrected chi connectivity index (χ2v) is 7.93. The zero-order valence-electron chi connectivity index (χ0n) is 15.9. The number of carbonyl (C=O) groups excluding carboxylic acids is 1. The van der Waals surface area contributed by atoms with Crippen LogP contribution in [0, 0.1) is 13.8 Å². The number of thioether (sulfide) groups is 1. The van der Waals surface area contributed by atoms with Gasteiger partial charge in [-0.15, -0.1) is 0 Å². The number of fused-ring (bicyclic) bond motifs is 1. The van der Waals surface area contributed by atoms with E-state index in [0.29, 0.717) is 15.7 Å². The summed E-state index contributed by atoms with van der Waals surface area (Å²) in [6, 6.07) is 13.2. The number of aryl methyl sites for hydroxylation is 1. The first-order valence-corrected chi connectivity index (χ1v) is 10.3. The third-order valence-corrected chi connectivity index (χ3v) is 5.88. The minimum Gasteiger partial charge on any atom is -0.325 e. The van der Waals surface area contributed by atoms with Crippen LogP contribution in [0.4, 0.5) is 5.69 Å². The van der Waals surface area contributed by atoms with Gasteiger partial charge in [-0.05, 0) is 55.3 Å². The second-order valence-electron chi connectivity index (χ2n) is 6.53. The number of anilines is 1. The number of hydrogen-bond acceptors (Lipinski definition) is 5. The van der Waals surface area contributed by atoms with Gasteiger partial charge in [-0.3, -0.25) is 4.79 Å². The maximum absolute atomic E-state index is 12.4. The molecule has 0 fully saturated rings. The third kappa shape index (κ3) is 4.11. The number of benzene rings is 2. The quantitative estimate of drug-likeness (QED) is 0.368. The summed E-state index contributed by atoms with van der Waals surface area (Å²) in [6.45, 7) is 4.02. The van der Waals surface area contributed by atoms with Gasteiger partial charge in [0.15, 0.2) is 5.65 Å². The Bertz CT molecular complexity index is 1190. The number of nitrogens with one attached hydrogen (secondary N) is 1. The standard InChI is InChI=1S/C21H18ClN5OS/c1-13-4-3-5-18(14(13)2)26-19(28)11-29-21-17-10-25-27(20(17)23-12-24-21)16-8-6-15(22)7-9-16/h3-10,12H,11H2,1-2H3,(H,26,28). The van der Waals surface area contributed by atoms with Crippen molar-refractivity contribution < 1.29 is 4.79 Å². The molecule has 8 heteroatoms. The van der Waals surface area contributed by atoms with Crippen molar-refractivity contribution >= 4 is 46.0 Å². The Morgan fingerprint density at radius 3 is 2.72 bits per heavy atom. The fraction of sp³-hybridized carbons (Fsp3) is 0.143. The molecule has 0 aliphatic heterocycles. The van der Waals surface area contributed by atoms with Gasteiger partial charge in [-0.25, -0.2) is 14.6 Å². The molecule has 1 amide bonds. The third-order valence-electron chi connectivity index (χ3n) is 4.62. The van der Waals surface area contributed by atoms with Gasteiger partial charge in [0.2, 0.25) is 5.91 Å². The van der Waals surface area contributed by atoms with E-state index in [9.17, 15) is 4.79 Å². The first-order chi connectivity index (χ1) is 14.0. The van der Waals surface area contributed by atoms with Crippen molar-refractivity contribution in [1.82, 2.24) is 19.7 Å². The normalized spacial score (nSPS) is 11.0. The molecule has 0 aliphatic carbocycles. The van der Waals surface area contributed by atoms with E-state index < -0.39 is 0 Å². The Morgan fingerprint density at radius 1 is 1.14 bits per heavy atom. The van der Waals surface area contributed by atoms with Crippen LogP contribution in [-0.4, -0.2) is 31.4 Å². The summed E-state index contributed by atoms with van der Waals surface area (Å²) in [5.74, 6) is 0.159. The predicted octanol–water partition coefficient (Wildman–Crippen LogP) is 4.82. The lowest BCUT2D eigenvalue weighted by Crippen LogP contribution is -2.15. The highest BCUT2D eigenvalue weighted by molar-refractivity contribution is 8.00. The monoisotopic (exact) mass is 423 g/mol. The molecule has 146 valence electrons. The van der Waals surface area contributed by atoms with Gasteiger partial charge in [0.1, 0.15) is 11.4 Å². The van der Waals surface area contributed by atoms with E-state index in [2.05, 4.69) is 20.4 Å². The average Bonchev–Trinajstić information content (AvgIpc) is 3.15. The number of hydrogen-bond donors (Lipinski definition) is 1. The molecule has 4 aromatic rings. The molecule has 4 rings (SSSR count). The summed E-state index contributed by atoms with van der Waals surface area (Å²) >= 11 is 7.33. The first-order valence-electron chi connectivity index (χ1n) is 8.96. The Kier molecular flexibility index (Phi) is 5.51. The van der Waals surface area contributed by atoms with E-state index in [1.165, 1.54) is 18.1 Å². The van der Waals surface area contributed by atoms with Crippen molar-refractivity contribution in [2.75, 3.05) is 11.1 Å². The average molecular weight is 424 g/mol. The van der Waals surface area contributed by atoms with Crippen molar-refractivity contribution in [3.63, 3.8) is 0 Å². The molecule has 0 spiro atoms. The predicted molar refractivity (Wildman–Crippen MR) is 117 cm³/mol. The van der Waals surface area contributed by atoms with E-state index in [1.807, 2.05) is 44.2 Å². The fourth-order valence-corrected chi connectivity index (χ4v) is 3.80. The van der Waals surface area contributed by atoms with Crippen LogP contribution in [0.3, 0.4) is 0 Å². The number of carbonyl (C=O) groups is 1. The number of amides is 1. The maximum atomic E-state index is 12.4. The van der Waals surface area contributed by atoms with E-state index in [1.54, 1.807) is 23.0 Å². The largest absolute Gasteiger partial charge is 0.325 e. The van der Waals surface area contributed by atoms with Crippen molar-refractivity contribution in [3.8, 4) is 5.69 Å². The molecule has 0 saturated carbocycles. The molecule has 29 heavy (non-hydrogen) atoms. The molecule has 0 radical (unpaired) electrons. The Labute approximate surface area is 177 Å².